The van der Waals surface area contributed by atoms with Gasteiger partial charge in [-0.05, 0) is 67.4 Å². The van der Waals surface area contributed by atoms with E-state index in [1.165, 1.54) is 5.56 Å². The minimum absolute atomic E-state index is 0.0123. The van der Waals surface area contributed by atoms with Crippen LogP contribution < -0.4 is 10.3 Å². The lowest BCUT2D eigenvalue weighted by molar-refractivity contribution is 0.0791. The fraction of sp³-hybridized carbons (Fsp3) is 0.222. The number of methoxy groups -OCH3 is 1. The van der Waals surface area contributed by atoms with Gasteiger partial charge in [0, 0.05) is 24.6 Å². The Morgan fingerprint density at radius 2 is 1.73 bits per heavy atom. The molecule has 2 heterocycles. The van der Waals surface area contributed by atoms with Crippen molar-refractivity contribution in [3.05, 3.63) is 100 Å². The smallest absolute Gasteiger partial charge is 0.265 e. The maximum Gasteiger partial charge on any atom is 0.265 e. The van der Waals surface area contributed by atoms with Gasteiger partial charge in [0.15, 0.2) is 0 Å². The molecule has 6 nitrogen and oxygen atoms in total. The van der Waals surface area contributed by atoms with Gasteiger partial charge in [-0.2, -0.15) is 0 Å². The second kappa shape index (κ2) is 8.54. The number of aromatic nitrogens is 2. The van der Waals surface area contributed by atoms with Crippen molar-refractivity contribution in [3.8, 4) is 11.4 Å². The highest BCUT2D eigenvalue weighted by atomic mass is 16.5. The highest BCUT2D eigenvalue weighted by Crippen LogP contribution is 2.29. The maximum atomic E-state index is 13.1. The van der Waals surface area contributed by atoms with Crippen LogP contribution in [-0.2, 0) is 0 Å². The summed E-state index contributed by atoms with van der Waals surface area (Å²) in [5.74, 6) is 1.78. The van der Waals surface area contributed by atoms with E-state index >= 15 is 0 Å². The molecule has 1 aliphatic heterocycles. The topological polar surface area (TPSA) is 64.4 Å². The van der Waals surface area contributed by atoms with Crippen molar-refractivity contribution in [2.45, 2.75) is 19.3 Å². The number of likely N-dealkylation sites (tertiary alicyclic amines) is 1. The van der Waals surface area contributed by atoms with E-state index in [1.807, 2.05) is 54.3 Å². The van der Waals surface area contributed by atoms with E-state index in [1.54, 1.807) is 29.9 Å². The molecular formula is C27H25N3O3. The van der Waals surface area contributed by atoms with Gasteiger partial charge in [0.1, 0.15) is 11.6 Å². The molecule has 1 atom stereocenters. The van der Waals surface area contributed by atoms with Crippen molar-refractivity contribution < 1.29 is 9.53 Å². The zero-order chi connectivity index (χ0) is 22.9. The second-order valence-electron chi connectivity index (χ2n) is 8.37. The zero-order valence-corrected chi connectivity index (χ0v) is 18.7. The highest BCUT2D eigenvalue weighted by molar-refractivity contribution is 5.94. The third kappa shape index (κ3) is 3.89. The van der Waals surface area contributed by atoms with E-state index in [0.29, 0.717) is 40.4 Å². The minimum atomic E-state index is -0.112. The SMILES string of the molecule is COc1ccc(C2CCN(C(=O)c3ccc(-n4c(C)nc5ccccc5c4=O)cc3)C2)cc1. The number of aryl methyl sites for hydroxylation is 1. The number of nitrogens with zero attached hydrogens (tertiary/aromatic N) is 3. The van der Waals surface area contributed by atoms with E-state index in [-0.39, 0.29) is 11.5 Å². The number of hydrogen-bond donors (Lipinski definition) is 0. The average Bonchev–Trinajstić information content (AvgIpc) is 3.34. The summed E-state index contributed by atoms with van der Waals surface area (Å²) in [7, 11) is 1.66. The lowest BCUT2D eigenvalue weighted by atomic mass is 9.98. The fourth-order valence-electron chi connectivity index (χ4n) is 4.58. The van der Waals surface area contributed by atoms with Gasteiger partial charge in [0.05, 0.1) is 23.7 Å². The first-order valence-electron chi connectivity index (χ1n) is 11.1. The number of hydrogen-bond acceptors (Lipinski definition) is 4. The summed E-state index contributed by atoms with van der Waals surface area (Å²) in [6, 6.07) is 22.6. The molecule has 0 aliphatic carbocycles. The molecule has 1 aromatic heterocycles. The first-order chi connectivity index (χ1) is 16.0. The summed E-state index contributed by atoms with van der Waals surface area (Å²) in [6.45, 7) is 3.24. The second-order valence-corrected chi connectivity index (χ2v) is 8.37. The van der Waals surface area contributed by atoms with Crippen LogP contribution in [0.4, 0.5) is 0 Å². The van der Waals surface area contributed by atoms with Gasteiger partial charge in [-0.1, -0.05) is 24.3 Å². The summed E-state index contributed by atoms with van der Waals surface area (Å²) in [6.07, 6.45) is 0.938. The Kier molecular flexibility index (Phi) is 5.42. The summed E-state index contributed by atoms with van der Waals surface area (Å²) in [5, 5.41) is 0.574. The lowest BCUT2D eigenvalue weighted by Gasteiger charge is -2.17. The van der Waals surface area contributed by atoms with Crippen LogP contribution in [0.2, 0.25) is 0 Å². The van der Waals surface area contributed by atoms with E-state index in [2.05, 4.69) is 17.1 Å². The number of ether oxygens (including phenoxy) is 1. The van der Waals surface area contributed by atoms with Crippen LogP contribution >= 0.6 is 0 Å². The molecule has 1 aliphatic rings. The standard InChI is InChI=1S/C27H25N3O3/c1-18-28-25-6-4-3-5-24(25)27(32)30(18)22-11-7-20(8-12-22)26(31)29-16-15-21(17-29)19-9-13-23(33-2)14-10-19/h3-14,21H,15-17H2,1-2H3. The molecule has 3 aromatic carbocycles. The molecular weight excluding hydrogens is 414 g/mol. The van der Waals surface area contributed by atoms with Crippen LogP contribution in [-0.4, -0.2) is 40.6 Å². The number of fused-ring (bicyclic) bond motifs is 1. The number of amides is 1. The monoisotopic (exact) mass is 439 g/mol. The Hall–Kier alpha value is -3.93. The van der Waals surface area contributed by atoms with E-state index in [4.69, 9.17) is 4.74 Å². The third-order valence-electron chi connectivity index (χ3n) is 6.38. The molecule has 166 valence electrons. The number of rotatable bonds is 4. The normalized spacial score (nSPS) is 15.7. The van der Waals surface area contributed by atoms with Gasteiger partial charge in [-0.25, -0.2) is 4.98 Å². The molecule has 0 saturated carbocycles. The minimum Gasteiger partial charge on any atom is -0.497 e. The average molecular weight is 440 g/mol. The number of para-hydroxylation sites is 1. The molecule has 0 bridgehead atoms. The largest absolute Gasteiger partial charge is 0.497 e. The molecule has 4 aromatic rings. The lowest BCUT2D eigenvalue weighted by Crippen LogP contribution is -2.28. The quantitative estimate of drug-likeness (QED) is 0.475. The molecule has 1 unspecified atom stereocenters. The van der Waals surface area contributed by atoms with Crippen molar-refractivity contribution in [3.63, 3.8) is 0 Å². The van der Waals surface area contributed by atoms with Gasteiger partial charge in [0.25, 0.3) is 11.5 Å². The van der Waals surface area contributed by atoms with Crippen molar-refractivity contribution >= 4 is 16.8 Å². The van der Waals surface area contributed by atoms with Crippen molar-refractivity contribution in [1.29, 1.82) is 0 Å². The van der Waals surface area contributed by atoms with Gasteiger partial charge >= 0.3 is 0 Å². The number of benzene rings is 3. The van der Waals surface area contributed by atoms with Crippen LogP contribution in [0.15, 0.2) is 77.6 Å². The Morgan fingerprint density at radius 3 is 2.45 bits per heavy atom. The molecule has 0 spiro atoms. The van der Waals surface area contributed by atoms with Crippen LogP contribution in [0.25, 0.3) is 16.6 Å². The molecule has 1 amide bonds. The number of carbonyl (C=O) groups excluding carboxylic acids is 1. The fourth-order valence-corrected chi connectivity index (χ4v) is 4.58. The van der Waals surface area contributed by atoms with Crippen molar-refractivity contribution in [1.82, 2.24) is 14.5 Å². The maximum absolute atomic E-state index is 13.1. The summed E-state index contributed by atoms with van der Waals surface area (Å²) < 4.78 is 6.83. The Bertz CT molecular complexity index is 1370. The van der Waals surface area contributed by atoms with Gasteiger partial charge in [0.2, 0.25) is 0 Å². The number of carbonyl (C=O) groups is 1. The van der Waals surface area contributed by atoms with E-state index < -0.39 is 0 Å². The molecule has 5 rings (SSSR count). The third-order valence-corrected chi connectivity index (χ3v) is 6.38. The Labute approximate surface area is 192 Å². The van der Waals surface area contributed by atoms with E-state index in [0.717, 1.165) is 18.7 Å². The molecule has 33 heavy (non-hydrogen) atoms. The summed E-state index contributed by atoms with van der Waals surface area (Å²) in [5.41, 5.74) is 3.11. The van der Waals surface area contributed by atoms with Crippen LogP contribution in [0.5, 0.6) is 5.75 Å². The Morgan fingerprint density at radius 1 is 1.00 bits per heavy atom. The first kappa shape index (κ1) is 20.9. The van der Waals surface area contributed by atoms with Crippen LogP contribution in [0.3, 0.4) is 0 Å². The molecule has 0 N–H and O–H groups in total. The van der Waals surface area contributed by atoms with Crippen LogP contribution in [0, 0.1) is 6.92 Å². The van der Waals surface area contributed by atoms with Crippen molar-refractivity contribution in [2.24, 2.45) is 0 Å². The molecule has 1 saturated heterocycles. The van der Waals surface area contributed by atoms with Crippen molar-refractivity contribution in [2.75, 3.05) is 20.2 Å². The molecule has 1 fully saturated rings. The van der Waals surface area contributed by atoms with E-state index in [9.17, 15) is 9.59 Å². The highest BCUT2D eigenvalue weighted by Gasteiger charge is 2.28. The predicted molar refractivity (Wildman–Crippen MR) is 128 cm³/mol. The summed E-state index contributed by atoms with van der Waals surface area (Å²) in [4.78, 5) is 32.6. The zero-order valence-electron chi connectivity index (χ0n) is 18.7. The summed E-state index contributed by atoms with van der Waals surface area (Å²) >= 11 is 0. The first-order valence-corrected chi connectivity index (χ1v) is 11.1. The Balaban J connectivity index is 1.35. The van der Waals surface area contributed by atoms with Crippen LogP contribution in [0.1, 0.15) is 34.1 Å². The predicted octanol–water partition coefficient (Wildman–Crippen LogP) is 4.33. The molecule has 0 radical (unpaired) electrons. The molecule has 6 heteroatoms. The van der Waals surface area contributed by atoms with Gasteiger partial charge in [-0.15, -0.1) is 0 Å². The van der Waals surface area contributed by atoms with Gasteiger partial charge < -0.3 is 9.64 Å². The van der Waals surface area contributed by atoms with Gasteiger partial charge in [-0.3, -0.25) is 14.2 Å².